The molecule has 0 atom stereocenters. The summed E-state index contributed by atoms with van der Waals surface area (Å²) in [7, 11) is 2.04. The lowest BCUT2D eigenvalue weighted by Crippen LogP contribution is -2.09. The van der Waals surface area contributed by atoms with Crippen LogP contribution in [-0.2, 0) is 13.6 Å². The third kappa shape index (κ3) is 1.91. The second-order valence-corrected chi connectivity index (χ2v) is 3.38. The lowest BCUT2D eigenvalue weighted by molar-refractivity contribution is 0.572. The smallest absolute Gasteiger partial charge is 0.111 e. The molecule has 0 fully saturated rings. The zero-order valence-corrected chi connectivity index (χ0v) is 8.75. The quantitative estimate of drug-likeness (QED) is 0.769. The first-order valence-electron chi connectivity index (χ1n) is 4.95. The fraction of sp³-hybridized carbons (Fsp3) is 0.700. The predicted molar refractivity (Wildman–Crippen MR) is 54.4 cm³/mol. The summed E-state index contributed by atoms with van der Waals surface area (Å²) >= 11 is 0. The van der Waals surface area contributed by atoms with Gasteiger partial charge in [0.05, 0.1) is 5.69 Å². The van der Waals surface area contributed by atoms with Gasteiger partial charge in [-0.05, 0) is 12.8 Å². The summed E-state index contributed by atoms with van der Waals surface area (Å²) < 4.78 is 2.12. The molecule has 2 N–H and O–H groups in total. The average molecular weight is 181 g/mol. The Morgan fingerprint density at radius 3 is 2.46 bits per heavy atom. The Hall–Kier alpha value is -0.830. The van der Waals surface area contributed by atoms with E-state index in [1.54, 1.807) is 0 Å². The minimum absolute atomic E-state index is 0.573. The Balaban J connectivity index is 2.93. The normalized spacial score (nSPS) is 11.2. The van der Waals surface area contributed by atoms with Crippen molar-refractivity contribution in [2.45, 2.75) is 39.2 Å². The standard InChI is InChI=1S/C10H19N3/c1-4-8(5-2)10-12-7-9(6-11)13(10)3/h7-8H,4-6,11H2,1-3H3. The molecule has 1 rings (SSSR count). The van der Waals surface area contributed by atoms with Crippen molar-refractivity contribution in [3.8, 4) is 0 Å². The number of hydrogen-bond acceptors (Lipinski definition) is 2. The average Bonchev–Trinajstić information content (AvgIpc) is 2.50. The lowest BCUT2D eigenvalue weighted by Gasteiger charge is -2.12. The van der Waals surface area contributed by atoms with Crippen LogP contribution < -0.4 is 5.73 Å². The van der Waals surface area contributed by atoms with Crippen LogP contribution in [0.1, 0.15) is 44.1 Å². The third-order valence-corrected chi connectivity index (χ3v) is 2.68. The molecule has 1 aromatic rings. The van der Waals surface area contributed by atoms with Gasteiger partial charge < -0.3 is 10.3 Å². The van der Waals surface area contributed by atoms with E-state index in [0.717, 1.165) is 18.5 Å². The van der Waals surface area contributed by atoms with Crippen molar-refractivity contribution < 1.29 is 0 Å². The highest BCUT2D eigenvalue weighted by Gasteiger charge is 2.13. The van der Waals surface area contributed by atoms with Gasteiger partial charge in [0.25, 0.3) is 0 Å². The third-order valence-electron chi connectivity index (χ3n) is 2.68. The van der Waals surface area contributed by atoms with Crippen LogP contribution in [0.15, 0.2) is 6.20 Å². The maximum atomic E-state index is 5.59. The molecular weight excluding hydrogens is 162 g/mol. The van der Waals surface area contributed by atoms with Gasteiger partial charge in [0, 0.05) is 25.7 Å². The Bertz CT molecular complexity index is 261. The molecule has 0 aliphatic carbocycles. The summed E-state index contributed by atoms with van der Waals surface area (Å²) in [6.07, 6.45) is 4.17. The summed E-state index contributed by atoms with van der Waals surface area (Å²) in [4.78, 5) is 4.41. The van der Waals surface area contributed by atoms with Crippen LogP contribution in [0.5, 0.6) is 0 Å². The molecule has 13 heavy (non-hydrogen) atoms. The van der Waals surface area contributed by atoms with E-state index in [1.165, 1.54) is 5.82 Å². The van der Waals surface area contributed by atoms with E-state index in [4.69, 9.17) is 5.73 Å². The van der Waals surface area contributed by atoms with E-state index in [2.05, 4.69) is 23.4 Å². The number of rotatable bonds is 4. The van der Waals surface area contributed by atoms with Gasteiger partial charge in [-0.1, -0.05) is 13.8 Å². The van der Waals surface area contributed by atoms with Crippen LogP contribution >= 0.6 is 0 Å². The minimum atomic E-state index is 0.573. The fourth-order valence-corrected chi connectivity index (χ4v) is 1.68. The van der Waals surface area contributed by atoms with Crippen LogP contribution in [0.2, 0.25) is 0 Å². The maximum absolute atomic E-state index is 5.59. The topological polar surface area (TPSA) is 43.8 Å². The molecule has 1 aromatic heterocycles. The second kappa shape index (κ2) is 4.42. The number of imidazole rings is 1. The SMILES string of the molecule is CCC(CC)c1ncc(CN)n1C. The van der Waals surface area contributed by atoms with Crippen molar-refractivity contribution in [3.63, 3.8) is 0 Å². The molecule has 3 nitrogen and oxygen atoms in total. The zero-order chi connectivity index (χ0) is 9.84. The molecule has 0 aromatic carbocycles. The van der Waals surface area contributed by atoms with E-state index < -0.39 is 0 Å². The Morgan fingerprint density at radius 2 is 2.08 bits per heavy atom. The first-order valence-corrected chi connectivity index (χ1v) is 4.95. The largest absolute Gasteiger partial charge is 0.334 e. The van der Waals surface area contributed by atoms with Gasteiger partial charge in [0.1, 0.15) is 5.82 Å². The van der Waals surface area contributed by atoms with Crippen molar-refractivity contribution in [2.24, 2.45) is 12.8 Å². The van der Waals surface area contributed by atoms with Crippen molar-refractivity contribution >= 4 is 0 Å². The van der Waals surface area contributed by atoms with Crippen molar-refractivity contribution in [1.82, 2.24) is 9.55 Å². The summed E-state index contributed by atoms with van der Waals surface area (Å²) in [5.41, 5.74) is 6.70. The highest BCUT2D eigenvalue weighted by atomic mass is 15.1. The minimum Gasteiger partial charge on any atom is -0.334 e. The van der Waals surface area contributed by atoms with E-state index in [-0.39, 0.29) is 0 Å². The molecule has 0 saturated heterocycles. The summed E-state index contributed by atoms with van der Waals surface area (Å²) in [5.74, 6) is 1.75. The van der Waals surface area contributed by atoms with Crippen LogP contribution in [-0.4, -0.2) is 9.55 Å². The van der Waals surface area contributed by atoms with Crippen molar-refractivity contribution in [1.29, 1.82) is 0 Å². The van der Waals surface area contributed by atoms with E-state index in [0.29, 0.717) is 12.5 Å². The molecule has 0 saturated carbocycles. The molecular formula is C10H19N3. The maximum Gasteiger partial charge on any atom is 0.111 e. The highest BCUT2D eigenvalue weighted by Crippen LogP contribution is 2.21. The summed E-state index contributed by atoms with van der Waals surface area (Å²) in [5, 5.41) is 0. The molecule has 0 bridgehead atoms. The molecule has 0 spiro atoms. The Kier molecular flexibility index (Phi) is 3.48. The molecule has 1 heterocycles. The van der Waals surface area contributed by atoms with Gasteiger partial charge in [-0.2, -0.15) is 0 Å². The van der Waals surface area contributed by atoms with Gasteiger partial charge in [-0.3, -0.25) is 0 Å². The number of nitrogens with zero attached hydrogens (tertiary/aromatic N) is 2. The number of aromatic nitrogens is 2. The van der Waals surface area contributed by atoms with Crippen molar-refractivity contribution in [2.75, 3.05) is 0 Å². The monoisotopic (exact) mass is 181 g/mol. The fourth-order valence-electron chi connectivity index (χ4n) is 1.68. The Morgan fingerprint density at radius 1 is 1.46 bits per heavy atom. The first-order chi connectivity index (χ1) is 6.24. The van der Waals surface area contributed by atoms with E-state index in [1.807, 2.05) is 13.2 Å². The number of nitrogens with two attached hydrogens (primary N) is 1. The molecule has 3 heteroatoms. The van der Waals surface area contributed by atoms with E-state index >= 15 is 0 Å². The lowest BCUT2D eigenvalue weighted by atomic mass is 10.0. The second-order valence-electron chi connectivity index (χ2n) is 3.38. The van der Waals surface area contributed by atoms with Gasteiger partial charge in [0.2, 0.25) is 0 Å². The Labute approximate surface area is 80.0 Å². The molecule has 0 unspecified atom stereocenters. The molecule has 0 radical (unpaired) electrons. The summed E-state index contributed by atoms with van der Waals surface area (Å²) in [6.45, 7) is 4.97. The van der Waals surface area contributed by atoms with Gasteiger partial charge in [0.15, 0.2) is 0 Å². The van der Waals surface area contributed by atoms with Crippen molar-refractivity contribution in [3.05, 3.63) is 17.7 Å². The molecule has 0 amide bonds. The van der Waals surface area contributed by atoms with Crippen LogP contribution in [0, 0.1) is 0 Å². The molecule has 0 aliphatic rings. The highest BCUT2D eigenvalue weighted by molar-refractivity contribution is 5.08. The number of hydrogen-bond donors (Lipinski definition) is 1. The van der Waals surface area contributed by atoms with Crippen LogP contribution in [0.3, 0.4) is 0 Å². The van der Waals surface area contributed by atoms with E-state index in [9.17, 15) is 0 Å². The summed E-state index contributed by atoms with van der Waals surface area (Å²) in [6, 6.07) is 0. The van der Waals surface area contributed by atoms with Gasteiger partial charge in [-0.15, -0.1) is 0 Å². The van der Waals surface area contributed by atoms with Gasteiger partial charge >= 0.3 is 0 Å². The van der Waals surface area contributed by atoms with Gasteiger partial charge in [-0.25, -0.2) is 4.98 Å². The first kappa shape index (κ1) is 10.3. The predicted octanol–water partition coefficient (Wildman–Crippen LogP) is 1.78. The van der Waals surface area contributed by atoms with Crippen LogP contribution in [0.4, 0.5) is 0 Å². The zero-order valence-electron chi connectivity index (χ0n) is 8.75. The van der Waals surface area contributed by atoms with Crippen LogP contribution in [0.25, 0.3) is 0 Å². The molecule has 74 valence electrons. The molecule has 0 aliphatic heterocycles.